The van der Waals surface area contributed by atoms with Crippen molar-refractivity contribution in [3.63, 3.8) is 0 Å². The molecule has 0 spiro atoms. The molecule has 0 nitrogen and oxygen atoms in total. The van der Waals surface area contributed by atoms with Crippen LogP contribution < -0.4 is 0 Å². The molecular weight excluding hydrogens is 509 g/mol. The second-order valence-corrected chi connectivity index (χ2v) is 14.9. The predicted molar refractivity (Wildman–Crippen MR) is 183 cm³/mol. The van der Waals surface area contributed by atoms with Gasteiger partial charge in [0.15, 0.2) is 0 Å². The van der Waals surface area contributed by atoms with Crippen LogP contribution in [0.4, 0.5) is 0 Å². The van der Waals surface area contributed by atoms with Crippen molar-refractivity contribution in [3.05, 3.63) is 127 Å². The van der Waals surface area contributed by atoms with E-state index in [1.807, 2.05) is 0 Å². The topological polar surface area (TPSA) is 0 Å². The largest absolute Gasteiger partial charge is 0.0655 e. The van der Waals surface area contributed by atoms with Gasteiger partial charge in [-0.15, -0.1) is 0 Å². The molecule has 4 aromatic carbocycles. The summed E-state index contributed by atoms with van der Waals surface area (Å²) in [6.07, 6.45) is 5.01. The molecule has 0 fully saturated rings. The van der Waals surface area contributed by atoms with Gasteiger partial charge in [0, 0.05) is 21.4 Å². The minimum atomic E-state index is -0.267. The predicted octanol–water partition coefficient (Wildman–Crippen LogP) is 10.6. The van der Waals surface area contributed by atoms with Crippen LogP contribution in [-0.2, 0) is 0 Å². The van der Waals surface area contributed by atoms with Crippen LogP contribution >= 0.6 is 0 Å². The normalized spacial score (nSPS) is 17.7. The van der Waals surface area contributed by atoms with Gasteiger partial charge >= 0.3 is 0 Å². The van der Waals surface area contributed by atoms with E-state index in [-0.39, 0.29) is 9.52 Å². The van der Waals surface area contributed by atoms with Crippen molar-refractivity contribution in [1.29, 1.82) is 0 Å². The number of fused-ring (bicyclic) bond motifs is 2. The summed E-state index contributed by atoms with van der Waals surface area (Å²) in [7, 11) is -0.267. The van der Waals surface area contributed by atoms with E-state index in [4.69, 9.17) is 0 Å². The van der Waals surface area contributed by atoms with E-state index in [0.29, 0.717) is 11.8 Å². The lowest BCUT2D eigenvalue weighted by Crippen LogP contribution is -2.07. The van der Waals surface area contributed by atoms with Gasteiger partial charge in [-0.2, -0.15) is 0 Å². The molecule has 0 heterocycles. The van der Waals surface area contributed by atoms with Gasteiger partial charge in [0.2, 0.25) is 0 Å². The highest BCUT2D eigenvalue weighted by molar-refractivity contribution is 6.36. The molecule has 6 rings (SSSR count). The summed E-state index contributed by atoms with van der Waals surface area (Å²) in [6.45, 7) is 18.2. The molecule has 2 aliphatic carbocycles. The summed E-state index contributed by atoms with van der Waals surface area (Å²) >= 11 is 0. The maximum atomic E-state index is 2.50. The van der Waals surface area contributed by atoms with E-state index in [1.165, 1.54) is 78.8 Å². The summed E-state index contributed by atoms with van der Waals surface area (Å²) in [5.74, 6) is 1.16. The minimum absolute atomic E-state index is 0.267. The van der Waals surface area contributed by atoms with Gasteiger partial charge < -0.3 is 0 Å². The number of aryl methyl sites for hydroxylation is 6. The summed E-state index contributed by atoms with van der Waals surface area (Å²) in [5.41, 5.74) is 22.9. The quantitative estimate of drug-likeness (QED) is 0.209. The number of rotatable bonds is 6. The van der Waals surface area contributed by atoms with E-state index >= 15 is 0 Å². The molecule has 2 atom stereocenters. The lowest BCUT2D eigenvalue weighted by atomic mass is 9.89. The first-order chi connectivity index (χ1) is 19.6. The first-order valence-corrected chi connectivity index (χ1v) is 17.4. The molecule has 4 aromatic rings. The lowest BCUT2D eigenvalue weighted by Gasteiger charge is -2.20. The van der Waals surface area contributed by atoms with Gasteiger partial charge in [0.25, 0.3) is 0 Å². The van der Waals surface area contributed by atoms with E-state index in [0.717, 1.165) is 0 Å². The Morgan fingerprint density at radius 1 is 0.488 bits per heavy atom. The second kappa shape index (κ2) is 10.8. The van der Waals surface area contributed by atoms with Crippen LogP contribution in [0.5, 0.6) is 0 Å². The third-order valence-corrected chi connectivity index (χ3v) is 11.5. The minimum Gasteiger partial charge on any atom is -0.0655 e. The highest BCUT2D eigenvalue weighted by Crippen LogP contribution is 2.47. The number of hydrogen-bond donors (Lipinski definition) is 0. The fourth-order valence-electron chi connectivity index (χ4n) is 7.85. The van der Waals surface area contributed by atoms with Crippen molar-refractivity contribution in [2.75, 3.05) is 0 Å². The summed E-state index contributed by atoms with van der Waals surface area (Å²) in [4.78, 5) is 0. The van der Waals surface area contributed by atoms with Crippen LogP contribution in [0.2, 0.25) is 12.1 Å². The summed E-state index contributed by atoms with van der Waals surface area (Å²) in [6, 6.07) is 26.3. The molecule has 208 valence electrons. The van der Waals surface area contributed by atoms with Gasteiger partial charge in [-0.05, 0) is 111 Å². The lowest BCUT2D eigenvalue weighted by molar-refractivity contribution is 0.875. The molecule has 0 saturated heterocycles. The Morgan fingerprint density at radius 3 is 1.22 bits per heavy atom. The summed E-state index contributed by atoms with van der Waals surface area (Å²) < 4.78 is 0. The van der Waals surface area contributed by atoms with Crippen molar-refractivity contribution in [2.24, 2.45) is 0 Å². The SMILES string of the molecule is CC1=Cc2c(ccc(C)c2-c2cc(C)cc(C)c2)C1C[SiH2]CC1C(C)=Cc2c1ccc(C)c2-c1cc(C)cc(C)c1. The van der Waals surface area contributed by atoms with Crippen molar-refractivity contribution < 1.29 is 0 Å². The molecule has 0 N–H and O–H groups in total. The standard InChI is InChI=1S/C40H44Si/c1-23-13-24(2)16-31(15-23)39-27(5)9-11-33-35(39)19-29(7)37(33)21-41-22-38-30(8)20-36-34(38)12-10-28(6)40(36)32-17-25(3)14-26(4)18-32/h9-20,37-38H,21-22,41H2,1-8H3. The fraction of sp³-hybridized carbons (Fsp3) is 0.300. The zero-order valence-electron chi connectivity index (χ0n) is 26.2. The molecule has 0 aromatic heterocycles. The molecule has 0 radical (unpaired) electrons. The highest BCUT2D eigenvalue weighted by atomic mass is 28.2. The number of hydrogen-bond acceptors (Lipinski definition) is 0. The zero-order chi connectivity index (χ0) is 29.0. The van der Waals surface area contributed by atoms with E-state index in [2.05, 4.69) is 128 Å². The molecule has 0 bridgehead atoms. The Kier molecular flexibility index (Phi) is 7.28. The monoisotopic (exact) mass is 552 g/mol. The molecule has 0 aliphatic heterocycles. The van der Waals surface area contributed by atoms with Crippen molar-refractivity contribution in [3.8, 4) is 22.3 Å². The Labute approximate surface area is 250 Å². The van der Waals surface area contributed by atoms with Gasteiger partial charge in [0.1, 0.15) is 0 Å². The van der Waals surface area contributed by atoms with Crippen LogP contribution in [0.1, 0.15) is 81.3 Å². The molecule has 2 aliphatic rings. The zero-order valence-corrected chi connectivity index (χ0v) is 27.6. The smallest absolute Gasteiger partial charge is 0.0218 e. The van der Waals surface area contributed by atoms with Gasteiger partial charge in [0.05, 0.1) is 0 Å². The highest BCUT2D eigenvalue weighted by Gasteiger charge is 2.29. The van der Waals surface area contributed by atoms with Crippen LogP contribution in [-0.4, -0.2) is 9.52 Å². The average Bonchev–Trinajstić information content (AvgIpc) is 3.37. The summed E-state index contributed by atoms with van der Waals surface area (Å²) in [5, 5.41) is 0. The number of benzene rings is 4. The average molecular weight is 553 g/mol. The van der Waals surface area contributed by atoms with Crippen molar-refractivity contribution in [1.82, 2.24) is 0 Å². The molecule has 0 amide bonds. The van der Waals surface area contributed by atoms with Gasteiger partial charge in [-0.3, -0.25) is 0 Å². The van der Waals surface area contributed by atoms with Crippen LogP contribution in [0.3, 0.4) is 0 Å². The van der Waals surface area contributed by atoms with Gasteiger partial charge in [-0.1, -0.05) is 118 Å². The Morgan fingerprint density at radius 2 is 0.854 bits per heavy atom. The van der Waals surface area contributed by atoms with Crippen LogP contribution in [0.25, 0.3) is 34.4 Å². The van der Waals surface area contributed by atoms with E-state index < -0.39 is 0 Å². The fourth-order valence-corrected chi connectivity index (χ4v) is 10.4. The Balaban J connectivity index is 1.25. The molecule has 2 unspecified atom stereocenters. The molecule has 1 heteroatoms. The Hall–Kier alpha value is -3.42. The van der Waals surface area contributed by atoms with Crippen LogP contribution in [0.15, 0.2) is 71.8 Å². The molecule has 0 saturated carbocycles. The van der Waals surface area contributed by atoms with Crippen LogP contribution in [0, 0.1) is 41.5 Å². The maximum Gasteiger partial charge on any atom is 0.0218 e. The molecule has 41 heavy (non-hydrogen) atoms. The van der Waals surface area contributed by atoms with Gasteiger partial charge in [-0.25, -0.2) is 0 Å². The third-order valence-electron chi connectivity index (χ3n) is 9.58. The molecular formula is C40H44Si. The van der Waals surface area contributed by atoms with E-state index in [1.54, 1.807) is 22.3 Å². The number of allylic oxidation sites excluding steroid dienone is 2. The van der Waals surface area contributed by atoms with E-state index in [9.17, 15) is 0 Å². The third kappa shape index (κ3) is 5.10. The first kappa shape index (κ1) is 27.7. The first-order valence-electron chi connectivity index (χ1n) is 15.4. The van der Waals surface area contributed by atoms with Crippen molar-refractivity contribution >= 4 is 21.7 Å². The van der Waals surface area contributed by atoms with Crippen molar-refractivity contribution in [2.45, 2.75) is 79.3 Å². The Bertz CT molecular complexity index is 1580. The second-order valence-electron chi connectivity index (χ2n) is 13.1. The maximum absolute atomic E-state index is 2.50.